The minimum Gasteiger partial charge on any atom is -1.00 e. The molecule has 7 heavy (non-hydrogen) atoms. The molecule has 0 bridgehead atoms. The summed E-state index contributed by atoms with van der Waals surface area (Å²) in [5.41, 5.74) is 0. The Labute approximate surface area is 76.5 Å². The van der Waals surface area contributed by atoms with Crippen LogP contribution in [-0.4, -0.2) is 53.5 Å². The van der Waals surface area contributed by atoms with Crippen molar-refractivity contribution in [3.63, 3.8) is 0 Å². The van der Waals surface area contributed by atoms with Crippen LogP contribution >= 0.6 is 0 Å². The zero-order valence-corrected chi connectivity index (χ0v) is 10.2. The summed E-state index contributed by atoms with van der Waals surface area (Å²) in [6.45, 7) is 0. The summed E-state index contributed by atoms with van der Waals surface area (Å²) >= 11 is 0. The van der Waals surface area contributed by atoms with E-state index in [0.717, 1.165) is 0 Å². The Morgan fingerprint density at radius 2 is 0.429 bits per heavy atom. The monoisotopic (exact) mass is 512 g/mol. The third kappa shape index (κ3) is 105. The molecule has 4 radical (unpaired) electrons. The fraction of sp³-hybridized carbons (Fsp3) is 0. The van der Waals surface area contributed by atoms with Crippen LogP contribution in [0.1, 0.15) is 0 Å². The second-order valence-electron chi connectivity index (χ2n) is 0. The van der Waals surface area contributed by atoms with Crippen LogP contribution in [0.2, 0.25) is 0 Å². The smallest absolute Gasteiger partial charge is 1.00 e. The molecule has 0 atom stereocenters. The summed E-state index contributed by atoms with van der Waals surface area (Å²) in [6.07, 6.45) is 0. The molecule has 0 aliphatic carbocycles. The van der Waals surface area contributed by atoms with Crippen LogP contribution in [0.5, 0.6) is 0 Å². The molecule has 0 spiro atoms. The molecule has 0 unspecified atom stereocenters. The molecule has 0 aromatic heterocycles. The molecule has 0 aromatic rings. The van der Waals surface area contributed by atoms with Crippen molar-refractivity contribution in [3.8, 4) is 0 Å². The van der Waals surface area contributed by atoms with Gasteiger partial charge in [0.2, 0.25) is 0 Å². The molecule has 0 aliphatic heterocycles. The van der Waals surface area contributed by atoms with Crippen molar-refractivity contribution in [2.45, 2.75) is 0 Å². The van der Waals surface area contributed by atoms with Crippen LogP contribution in [0.15, 0.2) is 0 Å². The molecule has 0 heterocycles. The van der Waals surface area contributed by atoms with Gasteiger partial charge in [0, 0.05) is 0 Å². The molecule has 0 saturated carbocycles. The molecule has 44 valence electrons. The SMILES string of the molecule is [Bi+3].[F-].[F-].[F-].[F-].[F-].[Pb+2]. The Kier molecular flexibility index (Phi) is 4650. The quantitative estimate of drug-likeness (QED) is 0.224. The largest absolute Gasteiger partial charge is 3.00 e. The van der Waals surface area contributed by atoms with Gasteiger partial charge in [-0.2, -0.15) is 0 Å². The van der Waals surface area contributed by atoms with Crippen molar-refractivity contribution in [2.24, 2.45) is 0 Å². The summed E-state index contributed by atoms with van der Waals surface area (Å²) < 4.78 is 0. The van der Waals surface area contributed by atoms with E-state index < -0.39 is 0 Å². The van der Waals surface area contributed by atoms with Crippen molar-refractivity contribution in [1.82, 2.24) is 0 Å². The van der Waals surface area contributed by atoms with Crippen LogP contribution < -0.4 is 23.5 Å². The maximum Gasteiger partial charge on any atom is 3.00 e. The summed E-state index contributed by atoms with van der Waals surface area (Å²) in [7, 11) is 0. The molecule has 0 aliphatic rings. The first-order valence-electron chi connectivity index (χ1n) is 0. The molecular formula is BiF5Pb. The maximum atomic E-state index is 0. The second-order valence-corrected chi connectivity index (χ2v) is 0. The first-order chi connectivity index (χ1) is 0. The summed E-state index contributed by atoms with van der Waals surface area (Å²) in [5, 5.41) is 0. The van der Waals surface area contributed by atoms with Crippen molar-refractivity contribution >= 4 is 53.5 Å². The van der Waals surface area contributed by atoms with Crippen molar-refractivity contribution in [2.75, 3.05) is 0 Å². The number of hydrogen-bond donors (Lipinski definition) is 0. The van der Waals surface area contributed by atoms with E-state index in [1.54, 1.807) is 0 Å². The van der Waals surface area contributed by atoms with Gasteiger partial charge in [0.25, 0.3) is 0 Å². The van der Waals surface area contributed by atoms with Crippen LogP contribution in [0.4, 0.5) is 0 Å². The van der Waals surface area contributed by atoms with Crippen LogP contribution in [-0.2, 0) is 0 Å². The molecule has 0 aromatic carbocycles. The van der Waals surface area contributed by atoms with Gasteiger partial charge in [0.15, 0.2) is 0 Å². The topological polar surface area (TPSA) is 0 Å². The van der Waals surface area contributed by atoms with Gasteiger partial charge in [-0.05, 0) is 0 Å². The van der Waals surface area contributed by atoms with E-state index >= 15 is 0 Å². The van der Waals surface area contributed by atoms with Gasteiger partial charge < -0.3 is 23.5 Å². The molecule has 0 saturated heterocycles. The van der Waals surface area contributed by atoms with E-state index in [4.69, 9.17) is 0 Å². The average Bonchev–Trinajstić information content (AvgIpc) is 0. The fourth-order valence-corrected chi connectivity index (χ4v) is 0. The van der Waals surface area contributed by atoms with Gasteiger partial charge in [0.05, 0.1) is 0 Å². The van der Waals surface area contributed by atoms with Crippen LogP contribution in [0.3, 0.4) is 0 Å². The zero-order valence-electron chi connectivity index (χ0n) is 2.84. The number of rotatable bonds is 0. The third-order valence-corrected chi connectivity index (χ3v) is 0. The summed E-state index contributed by atoms with van der Waals surface area (Å²) in [6, 6.07) is 0. The number of halogens is 5. The normalized spacial score (nSPS) is 0. The molecule has 0 N–H and O–H groups in total. The van der Waals surface area contributed by atoms with Crippen LogP contribution in [0.25, 0.3) is 0 Å². The Morgan fingerprint density at radius 1 is 0.429 bits per heavy atom. The Hall–Kier alpha value is 1.46. The molecule has 0 rings (SSSR count). The van der Waals surface area contributed by atoms with Gasteiger partial charge in [-0.1, -0.05) is 0 Å². The summed E-state index contributed by atoms with van der Waals surface area (Å²) in [4.78, 5) is 0. The molecule has 7 heteroatoms. The molecule has 0 amide bonds. The first kappa shape index (κ1) is 222. The van der Waals surface area contributed by atoms with E-state index in [2.05, 4.69) is 0 Å². The third-order valence-electron chi connectivity index (χ3n) is 0. The van der Waals surface area contributed by atoms with Gasteiger partial charge in [-0.25, -0.2) is 0 Å². The number of hydrogen-bond acceptors (Lipinski definition) is 0. The van der Waals surface area contributed by atoms with Crippen molar-refractivity contribution in [3.05, 3.63) is 0 Å². The Balaban J connectivity index is 0. The Morgan fingerprint density at radius 3 is 0.429 bits per heavy atom. The van der Waals surface area contributed by atoms with Gasteiger partial charge in [0.1, 0.15) is 0 Å². The van der Waals surface area contributed by atoms with E-state index in [9.17, 15) is 0 Å². The molecular weight excluding hydrogens is 511 g/mol. The average molecular weight is 511 g/mol. The van der Waals surface area contributed by atoms with E-state index in [1.165, 1.54) is 0 Å². The van der Waals surface area contributed by atoms with E-state index in [0.29, 0.717) is 0 Å². The minimum atomic E-state index is 0. The predicted octanol–water partition coefficient (Wildman–Crippen LogP) is -15.7. The Bertz CT molecular complexity index is 8.04. The van der Waals surface area contributed by atoms with E-state index in [1.807, 2.05) is 0 Å². The van der Waals surface area contributed by atoms with Crippen LogP contribution in [0, 0.1) is 0 Å². The maximum absolute atomic E-state index is 0. The van der Waals surface area contributed by atoms with Gasteiger partial charge in [-0.3, -0.25) is 0 Å². The van der Waals surface area contributed by atoms with Gasteiger partial charge in [-0.15, -0.1) is 0 Å². The zero-order chi connectivity index (χ0) is 0. The minimum absolute atomic E-state index is 0. The van der Waals surface area contributed by atoms with Crippen molar-refractivity contribution in [1.29, 1.82) is 0 Å². The van der Waals surface area contributed by atoms with Crippen molar-refractivity contribution < 1.29 is 23.5 Å². The van der Waals surface area contributed by atoms with Gasteiger partial charge >= 0.3 is 53.5 Å². The standard InChI is InChI=1S/Bi.5FH.Pb/h;5*1H;/q+3;;;;;;+2/p-5. The fourth-order valence-electron chi connectivity index (χ4n) is 0. The first-order valence-corrected chi connectivity index (χ1v) is 0. The second kappa shape index (κ2) is 147. The predicted molar refractivity (Wildman–Crippen MR) is 11.5 cm³/mol. The van der Waals surface area contributed by atoms with E-state index in [-0.39, 0.29) is 77.0 Å². The summed E-state index contributed by atoms with van der Waals surface area (Å²) in [5.74, 6) is 0. The molecule has 0 nitrogen and oxygen atoms in total. The molecule has 0 fully saturated rings.